The summed E-state index contributed by atoms with van der Waals surface area (Å²) in [6, 6.07) is 13.2. The van der Waals surface area contributed by atoms with E-state index < -0.39 is 5.91 Å². The molecule has 168 valence electrons. The molecule has 0 atom stereocenters. The van der Waals surface area contributed by atoms with Gasteiger partial charge >= 0.3 is 0 Å². The van der Waals surface area contributed by atoms with E-state index in [2.05, 4.69) is 0 Å². The number of aryl methyl sites for hydroxylation is 1. The Balaban J connectivity index is 1.89. The quantitative estimate of drug-likeness (QED) is 0.572. The summed E-state index contributed by atoms with van der Waals surface area (Å²) >= 11 is 1.35. The number of nitrogens with two attached hydrogens (primary N) is 1. The average Bonchev–Trinajstić information content (AvgIpc) is 3.04. The predicted octanol–water partition coefficient (Wildman–Crippen LogP) is 4.27. The molecule has 0 saturated carbocycles. The molecule has 8 heteroatoms. The molecular weight excluding hydrogens is 426 g/mol. The third-order valence-electron chi connectivity index (χ3n) is 4.53. The topological polar surface area (TPSA) is 94.2 Å². The number of hydrogen-bond acceptors (Lipinski definition) is 6. The fourth-order valence-electron chi connectivity index (χ4n) is 3.04. The van der Waals surface area contributed by atoms with Crippen LogP contribution >= 0.6 is 11.8 Å². The second-order valence-electron chi connectivity index (χ2n) is 7.19. The van der Waals surface area contributed by atoms with Crippen molar-refractivity contribution in [3.63, 3.8) is 0 Å². The Morgan fingerprint density at radius 2 is 1.88 bits per heavy atom. The summed E-state index contributed by atoms with van der Waals surface area (Å²) in [5.41, 5.74) is 7.91. The highest BCUT2D eigenvalue weighted by atomic mass is 32.2. The van der Waals surface area contributed by atoms with Gasteiger partial charge in [0.25, 0.3) is 11.8 Å². The summed E-state index contributed by atoms with van der Waals surface area (Å²) < 4.78 is 11.1. The second kappa shape index (κ2) is 10.9. The molecule has 2 aromatic carbocycles. The molecule has 1 aliphatic heterocycles. The summed E-state index contributed by atoms with van der Waals surface area (Å²) in [6.07, 6.45) is 2.64. The summed E-state index contributed by atoms with van der Waals surface area (Å²) in [6.45, 7) is 6.70. The number of amidine groups is 1. The van der Waals surface area contributed by atoms with Crippen molar-refractivity contribution in [3.05, 3.63) is 58.5 Å². The van der Waals surface area contributed by atoms with Gasteiger partial charge in [-0.3, -0.25) is 14.5 Å². The molecule has 3 rings (SSSR count). The highest BCUT2D eigenvalue weighted by Gasteiger charge is 2.32. The molecular formula is C24H27N3O4S. The van der Waals surface area contributed by atoms with Gasteiger partial charge in [-0.2, -0.15) is 0 Å². The normalized spacial score (nSPS) is 16.1. The Bertz CT molecular complexity index is 1050. The van der Waals surface area contributed by atoms with Crippen LogP contribution in [0.1, 0.15) is 31.4 Å². The largest absolute Gasteiger partial charge is 0.490 e. The van der Waals surface area contributed by atoms with Gasteiger partial charge in [0, 0.05) is 6.54 Å². The number of carbonyl (C=O) groups excluding carboxylic acids is 2. The molecule has 0 bridgehead atoms. The van der Waals surface area contributed by atoms with Crippen LogP contribution in [0.25, 0.3) is 6.08 Å². The molecule has 0 spiro atoms. The summed E-state index contributed by atoms with van der Waals surface area (Å²) in [5, 5.41) is 0.665. The minimum absolute atomic E-state index is 0.0743. The van der Waals surface area contributed by atoms with Crippen LogP contribution in [0.3, 0.4) is 0 Å². The Morgan fingerprint density at radius 1 is 1.12 bits per heavy atom. The standard InChI is InChI=1S/C24H27N3O4S/c1-4-12-27-23(29)21(32-24(27)26-18-9-6-16(3)7-10-18)14-17-8-11-19(31-15-22(25)28)20(13-17)30-5-2/h6-11,13-14H,4-5,12,15H2,1-3H3,(H2,25,28)/b21-14+,26-24?. The first-order chi connectivity index (χ1) is 15.4. The smallest absolute Gasteiger partial charge is 0.266 e. The van der Waals surface area contributed by atoms with E-state index in [1.807, 2.05) is 51.1 Å². The number of amides is 2. The van der Waals surface area contributed by atoms with Crippen LogP contribution in [0.2, 0.25) is 0 Å². The van der Waals surface area contributed by atoms with Crippen molar-refractivity contribution in [1.82, 2.24) is 4.90 Å². The monoisotopic (exact) mass is 453 g/mol. The van der Waals surface area contributed by atoms with Crippen LogP contribution in [0.15, 0.2) is 52.4 Å². The van der Waals surface area contributed by atoms with Gasteiger partial charge in [0.15, 0.2) is 23.3 Å². The van der Waals surface area contributed by atoms with Crippen molar-refractivity contribution in [2.75, 3.05) is 19.8 Å². The van der Waals surface area contributed by atoms with Gasteiger partial charge in [-0.1, -0.05) is 30.7 Å². The van der Waals surface area contributed by atoms with Crippen LogP contribution in [0.5, 0.6) is 11.5 Å². The highest BCUT2D eigenvalue weighted by molar-refractivity contribution is 8.18. The first-order valence-corrected chi connectivity index (χ1v) is 11.3. The van der Waals surface area contributed by atoms with Crippen molar-refractivity contribution in [2.45, 2.75) is 27.2 Å². The molecule has 0 aromatic heterocycles. The maximum absolute atomic E-state index is 13.1. The van der Waals surface area contributed by atoms with Gasteiger partial charge in [-0.05, 0) is 67.9 Å². The van der Waals surface area contributed by atoms with E-state index in [1.165, 1.54) is 11.8 Å². The minimum Gasteiger partial charge on any atom is -0.490 e. The number of hydrogen-bond donors (Lipinski definition) is 1. The number of primary amides is 1. The van der Waals surface area contributed by atoms with Crippen molar-refractivity contribution >= 4 is 40.5 Å². The van der Waals surface area contributed by atoms with Gasteiger partial charge < -0.3 is 15.2 Å². The maximum Gasteiger partial charge on any atom is 0.266 e. The summed E-state index contributed by atoms with van der Waals surface area (Å²) in [7, 11) is 0. The van der Waals surface area contributed by atoms with Crippen LogP contribution in [-0.4, -0.2) is 41.6 Å². The second-order valence-corrected chi connectivity index (χ2v) is 8.20. The lowest BCUT2D eigenvalue weighted by atomic mass is 10.2. The molecule has 1 aliphatic rings. The molecule has 1 heterocycles. The third-order valence-corrected chi connectivity index (χ3v) is 5.54. The Morgan fingerprint density at radius 3 is 2.53 bits per heavy atom. The number of ether oxygens (including phenoxy) is 2. The minimum atomic E-state index is -0.567. The zero-order valence-electron chi connectivity index (χ0n) is 18.5. The molecule has 1 saturated heterocycles. The summed E-state index contributed by atoms with van der Waals surface area (Å²) in [5.74, 6) is 0.266. The zero-order chi connectivity index (χ0) is 23.1. The van der Waals surface area contributed by atoms with E-state index in [9.17, 15) is 9.59 Å². The number of benzene rings is 2. The van der Waals surface area contributed by atoms with Crippen LogP contribution in [-0.2, 0) is 9.59 Å². The third kappa shape index (κ3) is 5.91. The van der Waals surface area contributed by atoms with Crippen LogP contribution < -0.4 is 15.2 Å². The van der Waals surface area contributed by atoms with Crippen LogP contribution in [0.4, 0.5) is 5.69 Å². The van der Waals surface area contributed by atoms with Crippen molar-refractivity contribution in [3.8, 4) is 11.5 Å². The van der Waals surface area contributed by atoms with Crippen molar-refractivity contribution in [2.24, 2.45) is 10.7 Å². The van der Waals surface area contributed by atoms with E-state index in [1.54, 1.807) is 23.1 Å². The molecule has 2 aromatic rings. The summed E-state index contributed by atoms with van der Waals surface area (Å²) in [4.78, 5) is 31.1. The van der Waals surface area contributed by atoms with E-state index in [-0.39, 0.29) is 12.5 Å². The number of aliphatic imine (C=N–C) groups is 1. The fraction of sp³-hybridized carbons (Fsp3) is 0.292. The zero-order valence-corrected chi connectivity index (χ0v) is 19.3. The van der Waals surface area contributed by atoms with Gasteiger partial charge in [0.05, 0.1) is 17.2 Å². The molecule has 0 radical (unpaired) electrons. The van der Waals surface area contributed by atoms with E-state index in [0.717, 1.165) is 23.2 Å². The Kier molecular flexibility index (Phi) is 7.94. The lowest BCUT2D eigenvalue weighted by Gasteiger charge is -2.14. The van der Waals surface area contributed by atoms with Gasteiger partial charge in [0.1, 0.15) is 0 Å². The number of carbonyl (C=O) groups is 2. The fourth-order valence-corrected chi connectivity index (χ4v) is 4.07. The van der Waals surface area contributed by atoms with E-state index >= 15 is 0 Å². The van der Waals surface area contributed by atoms with E-state index in [4.69, 9.17) is 20.2 Å². The van der Waals surface area contributed by atoms with E-state index in [0.29, 0.717) is 34.7 Å². The Labute approximate surface area is 192 Å². The molecule has 1 fully saturated rings. The molecule has 0 aliphatic carbocycles. The average molecular weight is 454 g/mol. The Hall–Kier alpha value is -3.26. The van der Waals surface area contributed by atoms with Gasteiger partial charge in [-0.15, -0.1) is 0 Å². The molecule has 0 unspecified atom stereocenters. The number of rotatable bonds is 9. The first-order valence-electron chi connectivity index (χ1n) is 10.5. The lowest BCUT2D eigenvalue weighted by molar-refractivity contribution is -0.122. The van der Waals surface area contributed by atoms with Gasteiger partial charge in [0.2, 0.25) is 0 Å². The molecule has 2 N–H and O–H groups in total. The number of thioether (sulfide) groups is 1. The molecule has 2 amide bonds. The lowest BCUT2D eigenvalue weighted by Crippen LogP contribution is -2.29. The van der Waals surface area contributed by atoms with Crippen LogP contribution in [0, 0.1) is 6.92 Å². The molecule has 32 heavy (non-hydrogen) atoms. The molecule has 7 nitrogen and oxygen atoms in total. The number of nitrogens with zero attached hydrogens (tertiary/aromatic N) is 2. The van der Waals surface area contributed by atoms with Crippen molar-refractivity contribution < 1.29 is 19.1 Å². The maximum atomic E-state index is 13.1. The predicted molar refractivity (Wildman–Crippen MR) is 128 cm³/mol. The SMILES string of the molecule is CCCN1C(=O)/C(=C\c2ccc(OCC(N)=O)c(OCC)c2)SC1=Nc1ccc(C)cc1. The highest BCUT2D eigenvalue weighted by Crippen LogP contribution is 2.36. The first kappa shape index (κ1) is 23.4. The van der Waals surface area contributed by atoms with Crippen molar-refractivity contribution in [1.29, 1.82) is 0 Å². The van der Waals surface area contributed by atoms with Gasteiger partial charge in [-0.25, -0.2) is 4.99 Å².